The zero-order chi connectivity index (χ0) is 30.1. The Bertz CT molecular complexity index is 1810. The zero-order valence-corrected chi connectivity index (χ0v) is 25.4. The van der Waals surface area contributed by atoms with Crippen molar-refractivity contribution in [2.75, 3.05) is 5.32 Å². The molecule has 1 saturated carbocycles. The normalized spacial score (nSPS) is 21.0. The number of carbonyl (C=O) groups is 3. The number of aromatic nitrogens is 5. The summed E-state index contributed by atoms with van der Waals surface area (Å²) in [5.74, 6) is -0.485. The van der Waals surface area contributed by atoms with Crippen LogP contribution in [0.5, 0.6) is 0 Å². The Labute approximate surface area is 249 Å². The summed E-state index contributed by atoms with van der Waals surface area (Å²) in [6.07, 6.45) is 4.78. The number of nitrogens with one attached hydrogen (secondary N) is 1. The van der Waals surface area contributed by atoms with Crippen molar-refractivity contribution in [2.24, 2.45) is 5.41 Å². The molecule has 1 N–H and O–H groups in total. The lowest BCUT2D eigenvalue weighted by atomic mass is 10.0. The number of ketones is 1. The first-order chi connectivity index (χ1) is 19.9. The van der Waals surface area contributed by atoms with E-state index in [-0.39, 0.29) is 51.7 Å². The monoisotopic (exact) mass is 633 g/mol. The van der Waals surface area contributed by atoms with Crippen molar-refractivity contribution in [3.63, 3.8) is 0 Å². The Kier molecular flexibility index (Phi) is 6.71. The van der Waals surface area contributed by atoms with E-state index in [0.29, 0.717) is 28.7 Å². The van der Waals surface area contributed by atoms with Crippen molar-refractivity contribution in [1.29, 1.82) is 0 Å². The molecule has 4 heterocycles. The molecule has 2 amide bonds. The molecule has 42 heavy (non-hydrogen) atoms. The van der Waals surface area contributed by atoms with Gasteiger partial charge in [-0.25, -0.2) is 19.3 Å². The van der Waals surface area contributed by atoms with Gasteiger partial charge >= 0.3 is 0 Å². The molecule has 0 bridgehead atoms. The average Bonchev–Trinajstić information content (AvgIpc) is 3.28. The van der Waals surface area contributed by atoms with Gasteiger partial charge in [0.1, 0.15) is 34.5 Å². The van der Waals surface area contributed by atoms with Crippen LogP contribution in [0.2, 0.25) is 0 Å². The number of Topliss-reactive ketones (excluding diaryl/α,β-unsaturated/α-hetero) is 1. The van der Waals surface area contributed by atoms with E-state index in [9.17, 15) is 18.8 Å². The van der Waals surface area contributed by atoms with Gasteiger partial charge < -0.3 is 10.2 Å². The van der Waals surface area contributed by atoms with E-state index in [1.165, 1.54) is 13.0 Å². The van der Waals surface area contributed by atoms with E-state index in [1.807, 2.05) is 26.0 Å². The first kappa shape index (κ1) is 28.1. The first-order valence-corrected chi connectivity index (χ1v) is 14.4. The van der Waals surface area contributed by atoms with Gasteiger partial charge in [-0.3, -0.25) is 19.1 Å². The highest BCUT2D eigenvalue weighted by Gasteiger charge is 2.64. The lowest BCUT2D eigenvalue weighted by Gasteiger charge is -2.27. The predicted octanol–water partition coefficient (Wildman–Crippen LogP) is 4.94. The molecule has 1 aliphatic heterocycles. The van der Waals surface area contributed by atoms with Crippen LogP contribution in [0.1, 0.15) is 54.1 Å². The minimum absolute atomic E-state index is 0.00201. The summed E-state index contributed by atoms with van der Waals surface area (Å²) < 4.78 is 15.4. The summed E-state index contributed by atoms with van der Waals surface area (Å²) >= 11 is 3.07. The van der Waals surface area contributed by atoms with Gasteiger partial charge in [0, 0.05) is 36.3 Å². The van der Waals surface area contributed by atoms with Crippen molar-refractivity contribution in [2.45, 2.75) is 66.1 Å². The molecule has 2 fully saturated rings. The number of likely N-dealkylation sites (tertiary alicyclic amines) is 1. The molecule has 6 rings (SSSR count). The number of fused-ring (bicyclic) bond motifs is 2. The maximum atomic E-state index is 13.9. The highest BCUT2D eigenvalue weighted by atomic mass is 79.9. The minimum Gasteiger partial charge on any atom is -0.325 e. The van der Waals surface area contributed by atoms with E-state index in [4.69, 9.17) is 0 Å². The quantitative estimate of drug-likeness (QED) is 0.236. The van der Waals surface area contributed by atoms with Crippen LogP contribution in [-0.4, -0.2) is 59.3 Å². The van der Waals surface area contributed by atoms with Gasteiger partial charge in [0.05, 0.1) is 5.52 Å². The topological polar surface area (TPSA) is 123 Å². The van der Waals surface area contributed by atoms with Crippen molar-refractivity contribution >= 4 is 50.2 Å². The molecule has 4 aromatic rings. The molecule has 2 aliphatic rings. The second kappa shape index (κ2) is 10.0. The molecule has 10 nitrogen and oxygen atoms in total. The Hall–Kier alpha value is -4.06. The van der Waals surface area contributed by atoms with Crippen molar-refractivity contribution in [3.8, 4) is 11.1 Å². The molecule has 3 atom stereocenters. The van der Waals surface area contributed by atoms with E-state index < -0.39 is 11.9 Å². The van der Waals surface area contributed by atoms with Crippen LogP contribution in [0.3, 0.4) is 0 Å². The third-order valence-corrected chi connectivity index (χ3v) is 8.91. The van der Waals surface area contributed by atoms with Gasteiger partial charge in [-0.1, -0.05) is 6.92 Å². The van der Waals surface area contributed by atoms with Gasteiger partial charge in [-0.05, 0) is 89.8 Å². The van der Waals surface area contributed by atoms with Crippen molar-refractivity contribution < 1.29 is 18.8 Å². The van der Waals surface area contributed by atoms with Gasteiger partial charge in [0.15, 0.2) is 11.6 Å². The van der Waals surface area contributed by atoms with Crippen LogP contribution in [0.25, 0.3) is 22.0 Å². The van der Waals surface area contributed by atoms with E-state index in [0.717, 1.165) is 23.1 Å². The zero-order valence-electron chi connectivity index (χ0n) is 23.8. The second-order valence-electron chi connectivity index (χ2n) is 11.6. The molecule has 12 heteroatoms. The van der Waals surface area contributed by atoms with Crippen molar-refractivity contribution in [3.05, 3.63) is 63.7 Å². The number of hydrogen-bond acceptors (Lipinski definition) is 7. The number of piperidine rings is 1. The lowest BCUT2D eigenvalue weighted by Crippen LogP contribution is -2.47. The Morgan fingerprint density at radius 2 is 1.79 bits per heavy atom. The van der Waals surface area contributed by atoms with Gasteiger partial charge in [0.2, 0.25) is 11.8 Å². The first-order valence-electron chi connectivity index (χ1n) is 13.6. The number of carbonyl (C=O) groups excluding carboxylic acids is 3. The molecule has 0 radical (unpaired) electrons. The summed E-state index contributed by atoms with van der Waals surface area (Å²) in [6.45, 7) is 8.77. The Morgan fingerprint density at radius 1 is 1.07 bits per heavy atom. The lowest BCUT2D eigenvalue weighted by molar-refractivity contribution is -0.138. The number of amides is 2. The summed E-state index contributed by atoms with van der Waals surface area (Å²) in [4.78, 5) is 54.3. The van der Waals surface area contributed by atoms with Crippen LogP contribution in [0, 0.1) is 32.0 Å². The van der Waals surface area contributed by atoms with Crippen LogP contribution in [0.15, 0.2) is 35.2 Å². The number of nitrogens with zero attached hydrogens (tertiary/aromatic N) is 6. The third kappa shape index (κ3) is 4.77. The van der Waals surface area contributed by atoms with E-state index in [1.54, 1.807) is 28.9 Å². The fourth-order valence-electron chi connectivity index (χ4n) is 6.06. The molecule has 1 aliphatic carbocycles. The maximum absolute atomic E-state index is 13.9. The summed E-state index contributed by atoms with van der Waals surface area (Å²) in [5.41, 5.74) is 3.76. The number of benzene rings is 1. The average molecular weight is 635 g/mol. The fourth-order valence-corrected chi connectivity index (χ4v) is 6.36. The number of hydrogen-bond donors (Lipinski definition) is 1. The van der Waals surface area contributed by atoms with Crippen LogP contribution < -0.4 is 5.32 Å². The Morgan fingerprint density at radius 3 is 2.48 bits per heavy atom. The predicted molar refractivity (Wildman–Crippen MR) is 157 cm³/mol. The molecule has 1 saturated heterocycles. The number of halogens is 2. The van der Waals surface area contributed by atoms with Crippen molar-refractivity contribution in [1.82, 2.24) is 29.6 Å². The molecular weight excluding hydrogens is 605 g/mol. The van der Waals surface area contributed by atoms with Gasteiger partial charge in [0.25, 0.3) is 0 Å². The number of pyridine rings is 1. The summed E-state index contributed by atoms with van der Waals surface area (Å²) in [7, 11) is 0. The fraction of sp³-hybridized carbons (Fsp3) is 0.367. The third-order valence-electron chi connectivity index (χ3n) is 8.36. The summed E-state index contributed by atoms with van der Waals surface area (Å²) in [5, 5.41) is 8.00. The smallest absolute Gasteiger partial charge is 0.248 e. The highest BCUT2D eigenvalue weighted by Crippen LogP contribution is 2.59. The molecule has 216 valence electrons. The largest absolute Gasteiger partial charge is 0.325 e. The molecule has 0 unspecified atom stereocenters. The standard InChI is InChI=1S/C30H29BrFN7O3/c1-14-6-18(19-11-33-17(4)34-12-19)8-20-25(16(3)40)37-38(26(14)20)13-24(41)39-22(9-30(5)10-23(30)39)29(42)36-28-15(2)7-21(32)27(31)35-28/h6-8,11-12,22-23H,9-10,13H2,1-5H3,(H,35,36,42)/t22-,23+,30-/m0/s1. The maximum Gasteiger partial charge on any atom is 0.248 e. The second-order valence-corrected chi connectivity index (χ2v) is 12.3. The molecule has 1 aromatic carbocycles. The van der Waals surface area contributed by atoms with E-state index >= 15 is 0 Å². The number of anilines is 1. The van der Waals surface area contributed by atoms with Gasteiger partial charge in [-0.15, -0.1) is 0 Å². The number of aryl methyl sites for hydroxylation is 3. The molecule has 0 spiro atoms. The Balaban J connectivity index is 1.31. The summed E-state index contributed by atoms with van der Waals surface area (Å²) in [6, 6.07) is 4.34. The van der Waals surface area contributed by atoms with Crippen LogP contribution >= 0.6 is 15.9 Å². The van der Waals surface area contributed by atoms with Gasteiger partial charge in [-0.2, -0.15) is 5.10 Å². The van der Waals surface area contributed by atoms with E-state index in [2.05, 4.69) is 48.2 Å². The molecule has 3 aromatic heterocycles. The number of rotatable bonds is 6. The molecular formula is C30H29BrFN7O3. The van der Waals surface area contributed by atoms with Crippen LogP contribution in [-0.2, 0) is 16.1 Å². The SMILES string of the molecule is CC(=O)c1nn(CC(=O)N2[C@H](C(=O)Nc3nc(Br)c(F)cc3C)C[C@@]3(C)C[C@@H]23)c2c(C)cc(-c3cnc(C)nc3)cc12. The van der Waals surface area contributed by atoms with Crippen LogP contribution in [0.4, 0.5) is 10.2 Å². The minimum atomic E-state index is -0.713. The highest BCUT2D eigenvalue weighted by molar-refractivity contribution is 9.10.